The second-order valence-electron chi connectivity index (χ2n) is 6.42. The summed E-state index contributed by atoms with van der Waals surface area (Å²) < 4.78 is 53.5. The van der Waals surface area contributed by atoms with Crippen LogP contribution in [0.4, 0.5) is 14.5 Å². The maximum atomic E-state index is 13.6. The maximum absolute atomic E-state index is 13.6. The smallest absolute Gasteiger partial charge is 0.253 e. The molecule has 24 heavy (non-hydrogen) atoms. The van der Waals surface area contributed by atoms with E-state index < -0.39 is 28.3 Å². The van der Waals surface area contributed by atoms with Crippen LogP contribution in [-0.4, -0.2) is 44.2 Å². The molecule has 2 saturated heterocycles. The Morgan fingerprint density at radius 2 is 1.83 bits per heavy atom. The summed E-state index contributed by atoms with van der Waals surface area (Å²) in [4.78, 5) is 13.4. The van der Waals surface area contributed by atoms with Gasteiger partial charge in [0, 0.05) is 44.1 Å². The summed E-state index contributed by atoms with van der Waals surface area (Å²) >= 11 is 0. The van der Waals surface area contributed by atoms with Crippen molar-refractivity contribution in [2.45, 2.75) is 37.0 Å². The quantitative estimate of drug-likeness (QED) is 0.834. The lowest BCUT2D eigenvalue weighted by molar-refractivity contribution is -0.117. The van der Waals surface area contributed by atoms with Crippen LogP contribution in [-0.2, 0) is 14.8 Å². The van der Waals surface area contributed by atoms with E-state index in [0.717, 1.165) is 10.7 Å². The Balaban J connectivity index is 1.79. The Kier molecular flexibility index (Phi) is 4.37. The molecule has 8 heteroatoms. The van der Waals surface area contributed by atoms with Gasteiger partial charge >= 0.3 is 0 Å². The van der Waals surface area contributed by atoms with Crippen molar-refractivity contribution in [2.24, 2.45) is 5.92 Å². The largest absolute Gasteiger partial charge is 0.312 e. The molecule has 1 aromatic carbocycles. The molecule has 3 rings (SSSR count). The van der Waals surface area contributed by atoms with Gasteiger partial charge in [0.05, 0.1) is 4.90 Å². The monoisotopic (exact) mass is 358 g/mol. The van der Waals surface area contributed by atoms with Gasteiger partial charge in [0.25, 0.3) is 5.92 Å². The minimum atomic E-state index is -3.80. The predicted octanol–water partition coefficient (Wildman–Crippen LogP) is 2.48. The van der Waals surface area contributed by atoms with Crippen LogP contribution in [0.2, 0.25) is 0 Å². The SMILES string of the molecule is CC1CN(S(=O)(=O)c2ccc(N3CCCC3=O)cc2)CCC1(F)F. The zero-order valence-corrected chi connectivity index (χ0v) is 14.2. The molecule has 132 valence electrons. The molecule has 1 amide bonds. The molecular formula is C16H20F2N2O3S. The van der Waals surface area contributed by atoms with Gasteiger partial charge in [-0.05, 0) is 30.7 Å². The van der Waals surface area contributed by atoms with Crippen molar-refractivity contribution < 1.29 is 22.0 Å². The predicted molar refractivity (Wildman–Crippen MR) is 85.5 cm³/mol. The Morgan fingerprint density at radius 1 is 1.17 bits per heavy atom. The number of piperidine rings is 1. The topological polar surface area (TPSA) is 57.7 Å². The second kappa shape index (κ2) is 6.07. The first kappa shape index (κ1) is 17.3. The van der Waals surface area contributed by atoms with Crippen molar-refractivity contribution in [3.63, 3.8) is 0 Å². The van der Waals surface area contributed by atoms with Crippen LogP contribution in [0.25, 0.3) is 0 Å². The molecule has 1 atom stereocenters. The molecule has 0 bridgehead atoms. The van der Waals surface area contributed by atoms with Crippen LogP contribution in [0.3, 0.4) is 0 Å². The summed E-state index contributed by atoms with van der Waals surface area (Å²) in [5.74, 6) is -3.81. The molecule has 0 saturated carbocycles. The van der Waals surface area contributed by atoms with Gasteiger partial charge in [-0.1, -0.05) is 6.92 Å². The lowest BCUT2D eigenvalue weighted by Crippen LogP contribution is -2.48. The molecule has 2 aliphatic heterocycles. The van der Waals surface area contributed by atoms with E-state index in [9.17, 15) is 22.0 Å². The average Bonchev–Trinajstić information content (AvgIpc) is 2.96. The first-order chi connectivity index (χ1) is 11.2. The highest BCUT2D eigenvalue weighted by Crippen LogP contribution is 2.35. The maximum Gasteiger partial charge on any atom is 0.253 e. The fourth-order valence-electron chi connectivity index (χ4n) is 3.14. The van der Waals surface area contributed by atoms with Crippen molar-refractivity contribution in [3.05, 3.63) is 24.3 Å². The highest BCUT2D eigenvalue weighted by Gasteiger charge is 2.44. The van der Waals surface area contributed by atoms with E-state index in [1.54, 1.807) is 17.0 Å². The van der Waals surface area contributed by atoms with Gasteiger partial charge in [0.15, 0.2) is 0 Å². The first-order valence-corrected chi connectivity index (χ1v) is 9.44. The van der Waals surface area contributed by atoms with Gasteiger partial charge in [-0.15, -0.1) is 0 Å². The molecule has 5 nitrogen and oxygen atoms in total. The Morgan fingerprint density at radius 3 is 2.38 bits per heavy atom. The fraction of sp³-hybridized carbons (Fsp3) is 0.562. The second-order valence-corrected chi connectivity index (χ2v) is 8.36. The van der Waals surface area contributed by atoms with E-state index in [2.05, 4.69) is 0 Å². The van der Waals surface area contributed by atoms with Crippen LogP contribution < -0.4 is 4.90 Å². The molecule has 2 heterocycles. The van der Waals surface area contributed by atoms with Crippen LogP contribution >= 0.6 is 0 Å². The van der Waals surface area contributed by atoms with Gasteiger partial charge in [0.2, 0.25) is 15.9 Å². The summed E-state index contributed by atoms with van der Waals surface area (Å²) in [5, 5.41) is 0. The van der Waals surface area contributed by atoms with Crippen LogP contribution in [0.5, 0.6) is 0 Å². The van der Waals surface area contributed by atoms with Crippen LogP contribution in [0, 0.1) is 5.92 Å². The van der Waals surface area contributed by atoms with Gasteiger partial charge in [-0.3, -0.25) is 4.79 Å². The number of halogens is 2. The summed E-state index contributed by atoms with van der Waals surface area (Å²) in [6.07, 6.45) is 0.826. The van der Waals surface area contributed by atoms with Crippen molar-refractivity contribution in [1.82, 2.24) is 4.31 Å². The van der Waals surface area contributed by atoms with E-state index in [0.29, 0.717) is 18.7 Å². The molecule has 0 radical (unpaired) electrons. The minimum Gasteiger partial charge on any atom is -0.312 e. The summed E-state index contributed by atoms with van der Waals surface area (Å²) in [7, 11) is -3.80. The van der Waals surface area contributed by atoms with Gasteiger partial charge in [-0.2, -0.15) is 4.31 Å². The molecule has 0 spiro atoms. The number of rotatable bonds is 3. The third kappa shape index (κ3) is 3.04. The molecule has 1 unspecified atom stereocenters. The van der Waals surface area contributed by atoms with Crippen molar-refractivity contribution in [1.29, 1.82) is 0 Å². The Bertz CT molecular complexity index is 734. The summed E-state index contributed by atoms with van der Waals surface area (Å²) in [6, 6.07) is 6.07. The van der Waals surface area contributed by atoms with Gasteiger partial charge in [-0.25, -0.2) is 17.2 Å². The third-order valence-electron chi connectivity index (χ3n) is 4.75. The average molecular weight is 358 g/mol. The number of carbonyl (C=O) groups excluding carboxylic acids is 1. The van der Waals surface area contributed by atoms with E-state index in [1.165, 1.54) is 19.1 Å². The number of hydrogen-bond donors (Lipinski definition) is 0. The normalized spacial score (nSPS) is 25.2. The van der Waals surface area contributed by atoms with Crippen molar-refractivity contribution in [3.8, 4) is 0 Å². The number of hydrogen-bond acceptors (Lipinski definition) is 3. The van der Waals surface area contributed by atoms with E-state index in [1.807, 2.05) is 0 Å². The van der Waals surface area contributed by atoms with E-state index >= 15 is 0 Å². The minimum absolute atomic E-state index is 0.0256. The van der Waals surface area contributed by atoms with E-state index in [-0.39, 0.29) is 23.9 Å². The number of anilines is 1. The van der Waals surface area contributed by atoms with Crippen LogP contribution in [0.15, 0.2) is 29.2 Å². The van der Waals surface area contributed by atoms with Crippen LogP contribution in [0.1, 0.15) is 26.2 Å². The number of alkyl halides is 2. The first-order valence-electron chi connectivity index (χ1n) is 8.00. The molecule has 0 N–H and O–H groups in total. The molecule has 2 fully saturated rings. The highest BCUT2D eigenvalue weighted by atomic mass is 32.2. The molecule has 1 aromatic rings. The summed E-state index contributed by atoms with van der Waals surface area (Å²) in [6.45, 7) is 1.61. The number of sulfonamides is 1. The lowest BCUT2D eigenvalue weighted by Gasteiger charge is -2.35. The number of benzene rings is 1. The molecule has 0 aliphatic carbocycles. The molecule has 2 aliphatic rings. The standard InChI is InChI=1S/C16H20F2N2O3S/c1-12-11-19(10-8-16(12,17)18)24(22,23)14-6-4-13(5-7-14)20-9-2-3-15(20)21/h4-7,12H,2-3,8-11H2,1H3. The molecule has 0 aromatic heterocycles. The van der Waals surface area contributed by atoms with Gasteiger partial charge < -0.3 is 4.90 Å². The number of carbonyl (C=O) groups is 1. The number of nitrogens with zero attached hydrogens (tertiary/aromatic N) is 2. The fourth-order valence-corrected chi connectivity index (χ4v) is 4.67. The third-order valence-corrected chi connectivity index (χ3v) is 6.63. The lowest BCUT2D eigenvalue weighted by atomic mass is 9.97. The Hall–Kier alpha value is -1.54. The Labute approximate surface area is 140 Å². The van der Waals surface area contributed by atoms with Gasteiger partial charge in [0.1, 0.15) is 0 Å². The van der Waals surface area contributed by atoms with Crippen molar-refractivity contribution in [2.75, 3.05) is 24.5 Å². The highest BCUT2D eigenvalue weighted by molar-refractivity contribution is 7.89. The molecular weight excluding hydrogens is 338 g/mol. The zero-order valence-electron chi connectivity index (χ0n) is 13.4. The van der Waals surface area contributed by atoms with E-state index in [4.69, 9.17) is 0 Å². The summed E-state index contributed by atoms with van der Waals surface area (Å²) in [5.41, 5.74) is 0.662. The van der Waals surface area contributed by atoms with Crippen molar-refractivity contribution >= 4 is 21.6 Å². The zero-order chi connectivity index (χ0) is 17.5. The number of amides is 1.